The fraction of sp³-hybridized carbons (Fsp3) is 0.375. The van der Waals surface area contributed by atoms with Gasteiger partial charge in [-0.25, -0.2) is 18.1 Å². The largest absolute Gasteiger partial charge is 0.330 e. The maximum Gasteiger partial charge on any atom is 0.284 e. The SMILES string of the molecule is CCCCS(=O)(=O)NC(=O)c1cn(Cc2ccc(Br)cc2Cl)c(C)n1. The first-order chi connectivity index (χ1) is 11.7. The van der Waals surface area contributed by atoms with Crippen LogP contribution in [0.25, 0.3) is 0 Å². The summed E-state index contributed by atoms with van der Waals surface area (Å²) in [5, 5.41) is 0.593. The van der Waals surface area contributed by atoms with Crippen molar-refractivity contribution < 1.29 is 13.2 Å². The zero-order valence-electron chi connectivity index (χ0n) is 13.9. The van der Waals surface area contributed by atoms with Crippen LogP contribution in [0.3, 0.4) is 0 Å². The highest BCUT2D eigenvalue weighted by molar-refractivity contribution is 9.10. The minimum absolute atomic E-state index is 0.0609. The molecule has 0 unspecified atom stereocenters. The number of carbonyl (C=O) groups excluding carboxylic acids is 1. The first-order valence-corrected chi connectivity index (χ1v) is 10.6. The van der Waals surface area contributed by atoms with Gasteiger partial charge < -0.3 is 4.57 Å². The lowest BCUT2D eigenvalue weighted by Crippen LogP contribution is -2.32. The summed E-state index contributed by atoms with van der Waals surface area (Å²) in [6.45, 7) is 4.06. The van der Waals surface area contributed by atoms with Crippen LogP contribution in [0.1, 0.15) is 41.6 Å². The van der Waals surface area contributed by atoms with Gasteiger partial charge in [0, 0.05) is 15.7 Å². The molecule has 0 aliphatic carbocycles. The average Bonchev–Trinajstić information content (AvgIpc) is 2.89. The molecular weight excluding hydrogens is 430 g/mol. The molecule has 0 saturated carbocycles. The highest BCUT2D eigenvalue weighted by Gasteiger charge is 2.19. The van der Waals surface area contributed by atoms with Crippen LogP contribution < -0.4 is 4.72 Å². The van der Waals surface area contributed by atoms with Crippen molar-refractivity contribution in [3.05, 3.63) is 51.0 Å². The number of imidazole rings is 1. The Morgan fingerprint density at radius 1 is 1.40 bits per heavy atom. The molecule has 0 fully saturated rings. The minimum atomic E-state index is -3.64. The number of carbonyl (C=O) groups is 1. The van der Waals surface area contributed by atoms with Crippen LogP contribution >= 0.6 is 27.5 Å². The number of halogens is 2. The molecule has 136 valence electrons. The number of nitrogens with one attached hydrogen (secondary N) is 1. The van der Waals surface area contributed by atoms with Crippen LogP contribution in [-0.2, 0) is 16.6 Å². The van der Waals surface area contributed by atoms with Gasteiger partial charge in [-0.15, -0.1) is 0 Å². The topological polar surface area (TPSA) is 81.1 Å². The number of benzene rings is 1. The van der Waals surface area contributed by atoms with E-state index in [9.17, 15) is 13.2 Å². The Morgan fingerprint density at radius 2 is 2.12 bits per heavy atom. The molecule has 9 heteroatoms. The second-order valence-corrected chi connectivity index (χ2v) is 8.81. The average molecular weight is 449 g/mol. The van der Waals surface area contributed by atoms with Crippen LogP contribution in [0.2, 0.25) is 5.02 Å². The standard InChI is InChI=1S/C16H19BrClN3O3S/c1-3-4-7-25(23,24)20-16(22)15-10-21(11(2)19-15)9-12-5-6-13(17)8-14(12)18/h5-6,8,10H,3-4,7,9H2,1-2H3,(H,20,22). The first kappa shape index (κ1) is 19.9. The Balaban J connectivity index is 2.15. The van der Waals surface area contributed by atoms with Crippen LogP contribution in [-0.4, -0.2) is 29.6 Å². The fourth-order valence-corrected chi connectivity index (χ4v) is 4.08. The maximum absolute atomic E-state index is 12.2. The van der Waals surface area contributed by atoms with Crippen LogP contribution in [0.5, 0.6) is 0 Å². The summed E-state index contributed by atoms with van der Waals surface area (Å²) in [5.41, 5.74) is 0.929. The Bertz CT molecular complexity index is 881. The smallest absolute Gasteiger partial charge is 0.284 e. The van der Waals surface area contributed by atoms with E-state index in [0.29, 0.717) is 23.8 Å². The number of sulfonamides is 1. The molecule has 2 rings (SSSR count). The molecule has 1 amide bonds. The van der Waals surface area contributed by atoms with E-state index in [1.165, 1.54) is 6.20 Å². The lowest BCUT2D eigenvalue weighted by Gasteiger charge is -2.07. The number of aromatic nitrogens is 2. The summed E-state index contributed by atoms with van der Waals surface area (Å²) in [5.74, 6) is -0.210. The molecule has 0 aliphatic rings. The van der Waals surface area contributed by atoms with Gasteiger partial charge in [0.25, 0.3) is 5.91 Å². The monoisotopic (exact) mass is 447 g/mol. The van der Waals surface area contributed by atoms with Gasteiger partial charge in [0.15, 0.2) is 0 Å². The van der Waals surface area contributed by atoms with E-state index < -0.39 is 15.9 Å². The summed E-state index contributed by atoms with van der Waals surface area (Å²) < 4.78 is 28.4. The van der Waals surface area contributed by atoms with Crippen molar-refractivity contribution in [3.8, 4) is 0 Å². The molecule has 0 bridgehead atoms. The molecule has 1 aromatic heterocycles. The van der Waals surface area contributed by atoms with E-state index in [4.69, 9.17) is 11.6 Å². The molecule has 0 aliphatic heterocycles. The van der Waals surface area contributed by atoms with E-state index in [2.05, 4.69) is 25.6 Å². The number of hydrogen-bond acceptors (Lipinski definition) is 4. The predicted octanol–water partition coefficient (Wildman–Crippen LogP) is 3.52. The highest BCUT2D eigenvalue weighted by atomic mass is 79.9. The molecular formula is C16H19BrClN3O3S. The quantitative estimate of drug-likeness (QED) is 0.703. The van der Waals surface area contributed by atoms with Crippen molar-refractivity contribution in [3.63, 3.8) is 0 Å². The third-order valence-electron chi connectivity index (χ3n) is 3.58. The number of unbranched alkanes of at least 4 members (excludes halogenated alkanes) is 1. The molecule has 0 spiro atoms. The van der Waals surface area contributed by atoms with Gasteiger partial charge in [0.1, 0.15) is 11.5 Å². The van der Waals surface area contributed by atoms with Gasteiger partial charge in [0.2, 0.25) is 10.0 Å². The number of nitrogens with zero attached hydrogens (tertiary/aromatic N) is 2. The summed E-state index contributed by atoms with van der Waals surface area (Å²) in [7, 11) is -3.64. The summed E-state index contributed by atoms with van der Waals surface area (Å²) in [4.78, 5) is 16.3. The van der Waals surface area contributed by atoms with E-state index >= 15 is 0 Å². The Hall–Kier alpha value is -1.38. The third kappa shape index (κ3) is 5.55. The van der Waals surface area contributed by atoms with Gasteiger partial charge in [0.05, 0.1) is 12.3 Å². The molecule has 1 heterocycles. The molecule has 0 radical (unpaired) electrons. The normalized spacial score (nSPS) is 11.5. The van der Waals surface area contributed by atoms with Crippen molar-refractivity contribution >= 4 is 43.5 Å². The maximum atomic E-state index is 12.2. The van der Waals surface area contributed by atoms with Gasteiger partial charge in [-0.1, -0.05) is 46.9 Å². The summed E-state index contributed by atoms with van der Waals surface area (Å²) in [6, 6.07) is 5.54. The first-order valence-electron chi connectivity index (χ1n) is 7.74. The van der Waals surface area contributed by atoms with Crippen LogP contribution in [0, 0.1) is 6.92 Å². The Kier molecular flexibility index (Phi) is 6.65. The Labute approximate surface area is 160 Å². The molecule has 6 nitrogen and oxygen atoms in total. The van der Waals surface area contributed by atoms with Crippen LogP contribution in [0.4, 0.5) is 0 Å². The molecule has 1 aromatic carbocycles. The van der Waals surface area contributed by atoms with E-state index in [0.717, 1.165) is 16.5 Å². The van der Waals surface area contributed by atoms with Gasteiger partial charge >= 0.3 is 0 Å². The Morgan fingerprint density at radius 3 is 2.76 bits per heavy atom. The van der Waals surface area contributed by atoms with Crippen molar-refractivity contribution in [2.45, 2.75) is 33.2 Å². The van der Waals surface area contributed by atoms with Crippen molar-refractivity contribution in [2.75, 3.05) is 5.75 Å². The second kappa shape index (κ2) is 8.33. The van der Waals surface area contributed by atoms with E-state index in [-0.39, 0.29) is 11.4 Å². The van der Waals surface area contributed by atoms with Gasteiger partial charge in [-0.2, -0.15) is 0 Å². The summed E-state index contributed by atoms with van der Waals surface area (Å²) in [6.07, 6.45) is 2.76. The predicted molar refractivity (Wildman–Crippen MR) is 101 cm³/mol. The zero-order valence-corrected chi connectivity index (χ0v) is 17.1. The molecule has 25 heavy (non-hydrogen) atoms. The lowest BCUT2D eigenvalue weighted by molar-refractivity contribution is 0.0977. The molecule has 1 N–H and O–H groups in total. The number of rotatable bonds is 7. The number of aryl methyl sites for hydroxylation is 1. The van der Waals surface area contributed by atoms with Crippen LogP contribution in [0.15, 0.2) is 28.9 Å². The zero-order chi connectivity index (χ0) is 18.6. The van der Waals surface area contributed by atoms with Gasteiger partial charge in [-0.3, -0.25) is 4.79 Å². The van der Waals surface area contributed by atoms with Crippen molar-refractivity contribution in [1.29, 1.82) is 0 Å². The minimum Gasteiger partial charge on any atom is -0.330 e. The van der Waals surface area contributed by atoms with Crippen molar-refractivity contribution in [1.82, 2.24) is 14.3 Å². The van der Waals surface area contributed by atoms with E-state index in [1.807, 2.05) is 19.1 Å². The molecule has 0 atom stereocenters. The number of hydrogen-bond donors (Lipinski definition) is 1. The fourth-order valence-electron chi connectivity index (χ4n) is 2.19. The highest BCUT2D eigenvalue weighted by Crippen LogP contribution is 2.22. The number of amides is 1. The summed E-state index contributed by atoms with van der Waals surface area (Å²) >= 11 is 9.57. The van der Waals surface area contributed by atoms with Crippen molar-refractivity contribution in [2.24, 2.45) is 0 Å². The van der Waals surface area contributed by atoms with E-state index in [1.54, 1.807) is 17.6 Å². The molecule has 0 saturated heterocycles. The third-order valence-corrected chi connectivity index (χ3v) is 5.75. The second-order valence-electron chi connectivity index (χ2n) is 5.64. The van der Waals surface area contributed by atoms with Gasteiger partial charge in [-0.05, 0) is 31.0 Å². The molecule has 2 aromatic rings. The lowest BCUT2D eigenvalue weighted by atomic mass is 10.2.